The van der Waals surface area contributed by atoms with Crippen LogP contribution in [-0.2, 0) is 0 Å². The minimum Gasteiger partial charge on any atom is -0.396 e. The molecule has 1 aliphatic carbocycles. The van der Waals surface area contributed by atoms with E-state index in [4.69, 9.17) is 5.73 Å². The summed E-state index contributed by atoms with van der Waals surface area (Å²) in [6, 6.07) is 9.89. The molecule has 2 aromatic rings. The van der Waals surface area contributed by atoms with E-state index in [1.54, 1.807) is 10.3 Å². The molecule has 0 bridgehead atoms. The number of likely N-dealkylation sites (tertiary alicyclic amines) is 1. The van der Waals surface area contributed by atoms with Crippen LogP contribution in [0.25, 0.3) is 0 Å². The lowest BCUT2D eigenvalue weighted by Crippen LogP contribution is -2.30. The van der Waals surface area contributed by atoms with Gasteiger partial charge in [0, 0.05) is 30.5 Å². The average molecular weight is 345 g/mol. The normalized spacial score (nSPS) is 31.6. The number of nitrogens with zero attached hydrogens (tertiary/aromatic N) is 2. The second kappa shape index (κ2) is 5.54. The van der Waals surface area contributed by atoms with Crippen molar-refractivity contribution in [2.75, 3.05) is 25.4 Å². The Morgan fingerprint density at radius 1 is 1.42 bits per heavy atom. The molecule has 0 radical (unpaired) electrons. The lowest BCUT2D eigenvalue weighted by molar-refractivity contribution is 0.0759. The third kappa shape index (κ3) is 2.16. The molecule has 1 spiro atoms. The second-order valence-electron chi connectivity index (χ2n) is 6.56. The molecule has 2 aliphatic rings. The van der Waals surface area contributed by atoms with Crippen molar-refractivity contribution in [3.8, 4) is 0 Å². The number of anilines is 1. The fourth-order valence-electron chi connectivity index (χ4n) is 4.27. The van der Waals surface area contributed by atoms with Gasteiger partial charge in [-0.2, -0.15) is 0 Å². The Bertz CT molecular complexity index is 765. The zero-order valence-corrected chi connectivity index (χ0v) is 13.8. The van der Waals surface area contributed by atoms with Crippen molar-refractivity contribution >= 4 is 22.4 Å². The van der Waals surface area contributed by atoms with Gasteiger partial charge in [-0.3, -0.25) is 4.79 Å². The molecular formula is C17H19N3O3S. The topological polar surface area (TPSA) is 99.7 Å². The first kappa shape index (κ1) is 15.6. The molecule has 1 aromatic heterocycles. The highest BCUT2D eigenvalue weighted by atomic mass is 32.1. The monoisotopic (exact) mass is 345 g/mol. The molecule has 126 valence electrons. The Kier molecular flexibility index (Phi) is 3.59. The Labute approximate surface area is 143 Å². The predicted molar refractivity (Wildman–Crippen MR) is 90.6 cm³/mol. The molecule has 2 heterocycles. The first-order chi connectivity index (χ1) is 11.6. The minimum atomic E-state index is -0.653. The van der Waals surface area contributed by atoms with Crippen molar-refractivity contribution in [2.45, 2.75) is 12.0 Å². The van der Waals surface area contributed by atoms with Crippen molar-refractivity contribution in [3.05, 3.63) is 47.0 Å². The van der Waals surface area contributed by atoms with Crippen LogP contribution in [0.1, 0.15) is 22.0 Å². The SMILES string of the molecule is Nc1nc(C(=O)N2C[C@H](O)[C@@]3(C2)[C@H](CO)[C@H]3c2ccccc2)cs1. The van der Waals surface area contributed by atoms with Crippen molar-refractivity contribution < 1.29 is 15.0 Å². The zero-order chi connectivity index (χ0) is 16.9. The average Bonchev–Trinajstić information content (AvgIpc) is 2.83. The molecule has 4 N–H and O–H groups in total. The summed E-state index contributed by atoms with van der Waals surface area (Å²) in [5, 5.41) is 22.5. The van der Waals surface area contributed by atoms with Crippen molar-refractivity contribution in [1.29, 1.82) is 0 Å². The highest BCUT2D eigenvalue weighted by Crippen LogP contribution is 2.68. The van der Waals surface area contributed by atoms with E-state index in [1.807, 2.05) is 30.3 Å². The molecule has 6 nitrogen and oxygen atoms in total. The van der Waals surface area contributed by atoms with Gasteiger partial charge in [-0.1, -0.05) is 30.3 Å². The largest absolute Gasteiger partial charge is 0.396 e. The van der Waals surface area contributed by atoms with Gasteiger partial charge >= 0.3 is 0 Å². The molecule has 1 aromatic carbocycles. The molecule has 24 heavy (non-hydrogen) atoms. The Balaban J connectivity index is 1.60. The second-order valence-corrected chi connectivity index (χ2v) is 7.45. The molecule has 1 saturated heterocycles. The standard InChI is InChI=1S/C17H19N3O3S/c18-16-19-12(8-24-16)15(23)20-6-13(22)17(9-20)11(7-21)14(17)10-4-2-1-3-5-10/h1-5,8,11,13-14,21-22H,6-7,9H2,(H2,18,19)/t11-,13+,14-,17-/m1/s1. The van der Waals surface area contributed by atoms with Gasteiger partial charge in [-0.05, 0) is 17.4 Å². The maximum Gasteiger partial charge on any atom is 0.273 e. The number of aliphatic hydroxyl groups is 2. The fourth-order valence-corrected chi connectivity index (χ4v) is 4.81. The summed E-state index contributed by atoms with van der Waals surface area (Å²) in [5.74, 6) is -0.181. The lowest BCUT2D eigenvalue weighted by atomic mass is 9.95. The van der Waals surface area contributed by atoms with Gasteiger partial charge in [0.1, 0.15) is 5.69 Å². The molecule has 1 aliphatic heterocycles. The number of nitrogen functional groups attached to an aromatic ring is 1. The van der Waals surface area contributed by atoms with Crippen LogP contribution in [0.4, 0.5) is 5.13 Å². The molecule has 1 amide bonds. The Morgan fingerprint density at radius 3 is 2.79 bits per heavy atom. The Morgan fingerprint density at radius 2 is 2.17 bits per heavy atom. The minimum absolute atomic E-state index is 0.00228. The van der Waals surface area contributed by atoms with E-state index in [2.05, 4.69) is 4.98 Å². The number of hydrogen-bond acceptors (Lipinski definition) is 6. The number of β-amino-alcohol motifs (C(OH)–C–C–N with tert-alkyl or cyclic N) is 1. The molecule has 4 atom stereocenters. The summed E-state index contributed by atoms with van der Waals surface area (Å²) < 4.78 is 0. The predicted octanol–water partition coefficient (Wildman–Crippen LogP) is 0.934. The molecule has 1 saturated carbocycles. The van der Waals surface area contributed by atoms with Crippen LogP contribution >= 0.6 is 11.3 Å². The summed E-state index contributed by atoms with van der Waals surface area (Å²) >= 11 is 1.23. The maximum absolute atomic E-state index is 12.6. The number of rotatable bonds is 3. The summed E-state index contributed by atoms with van der Waals surface area (Å²) in [6.07, 6.45) is -0.653. The number of thiazole rings is 1. The summed E-state index contributed by atoms with van der Waals surface area (Å²) in [4.78, 5) is 18.3. The number of hydrogen-bond donors (Lipinski definition) is 3. The van der Waals surface area contributed by atoms with Crippen LogP contribution in [-0.4, -0.2) is 51.8 Å². The van der Waals surface area contributed by atoms with E-state index in [0.717, 1.165) is 5.56 Å². The number of aromatic nitrogens is 1. The van der Waals surface area contributed by atoms with Gasteiger partial charge in [-0.15, -0.1) is 11.3 Å². The van der Waals surface area contributed by atoms with Gasteiger partial charge < -0.3 is 20.8 Å². The van der Waals surface area contributed by atoms with E-state index < -0.39 is 11.5 Å². The first-order valence-corrected chi connectivity index (χ1v) is 8.80. The number of carbonyl (C=O) groups is 1. The van der Waals surface area contributed by atoms with Crippen LogP contribution in [0.2, 0.25) is 0 Å². The number of nitrogens with two attached hydrogens (primary N) is 1. The van der Waals surface area contributed by atoms with Gasteiger partial charge in [0.15, 0.2) is 5.13 Å². The molecule has 2 fully saturated rings. The fraction of sp³-hybridized carbons (Fsp3) is 0.412. The van der Waals surface area contributed by atoms with E-state index in [9.17, 15) is 15.0 Å². The van der Waals surface area contributed by atoms with Crippen LogP contribution in [0.3, 0.4) is 0 Å². The number of aliphatic hydroxyl groups excluding tert-OH is 2. The number of amides is 1. The highest BCUT2D eigenvalue weighted by Gasteiger charge is 2.71. The third-order valence-corrected chi connectivity index (χ3v) is 6.10. The van der Waals surface area contributed by atoms with Crippen molar-refractivity contribution in [1.82, 2.24) is 9.88 Å². The maximum atomic E-state index is 12.6. The first-order valence-electron chi connectivity index (χ1n) is 7.92. The summed E-state index contributed by atoms with van der Waals surface area (Å²) in [5.41, 5.74) is 6.56. The van der Waals surface area contributed by atoms with E-state index in [1.165, 1.54) is 11.3 Å². The number of carbonyl (C=O) groups excluding carboxylic acids is 1. The molecular weight excluding hydrogens is 326 g/mol. The quantitative estimate of drug-likeness (QED) is 0.769. The van der Waals surface area contributed by atoms with Gasteiger partial charge in [-0.25, -0.2) is 4.98 Å². The van der Waals surface area contributed by atoms with Crippen LogP contribution in [0.5, 0.6) is 0 Å². The van der Waals surface area contributed by atoms with E-state index in [-0.39, 0.29) is 30.9 Å². The Hall–Kier alpha value is -1.96. The van der Waals surface area contributed by atoms with E-state index >= 15 is 0 Å². The van der Waals surface area contributed by atoms with E-state index in [0.29, 0.717) is 17.4 Å². The van der Waals surface area contributed by atoms with Crippen LogP contribution < -0.4 is 5.73 Å². The smallest absolute Gasteiger partial charge is 0.273 e. The highest BCUT2D eigenvalue weighted by molar-refractivity contribution is 7.13. The molecule has 0 unspecified atom stereocenters. The van der Waals surface area contributed by atoms with Gasteiger partial charge in [0.2, 0.25) is 0 Å². The van der Waals surface area contributed by atoms with Gasteiger partial charge in [0.25, 0.3) is 5.91 Å². The van der Waals surface area contributed by atoms with Crippen molar-refractivity contribution in [2.24, 2.45) is 11.3 Å². The number of benzene rings is 1. The van der Waals surface area contributed by atoms with Gasteiger partial charge in [0.05, 0.1) is 6.10 Å². The lowest BCUT2D eigenvalue weighted by Gasteiger charge is -2.15. The van der Waals surface area contributed by atoms with Crippen molar-refractivity contribution in [3.63, 3.8) is 0 Å². The molecule has 4 rings (SSSR count). The molecule has 7 heteroatoms. The third-order valence-electron chi connectivity index (χ3n) is 5.42. The zero-order valence-electron chi connectivity index (χ0n) is 13.0. The van der Waals surface area contributed by atoms with Crippen LogP contribution in [0, 0.1) is 11.3 Å². The van der Waals surface area contributed by atoms with Crippen LogP contribution in [0.15, 0.2) is 35.7 Å². The summed E-state index contributed by atoms with van der Waals surface area (Å²) in [7, 11) is 0. The summed E-state index contributed by atoms with van der Waals surface area (Å²) in [6.45, 7) is 0.688.